The first kappa shape index (κ1) is 14.3. The molecular weight excluding hydrogens is 295 g/mol. The summed E-state index contributed by atoms with van der Waals surface area (Å²) in [7, 11) is -3.38. The topological polar surface area (TPSA) is 71.4 Å². The van der Waals surface area contributed by atoms with E-state index in [1.165, 1.54) is 18.2 Å². The lowest BCUT2D eigenvalue weighted by molar-refractivity contribution is -0.147. The lowest BCUT2D eigenvalue weighted by Gasteiger charge is -2.22. The second-order valence-electron chi connectivity index (χ2n) is 4.82. The summed E-state index contributed by atoms with van der Waals surface area (Å²) in [5.74, 6) is -2.54. The number of hydrogen-bond donors (Lipinski definition) is 1. The predicted octanol–water partition coefficient (Wildman–Crippen LogP) is 1.91. The molecular formula is C12H12ClFO4S. The van der Waals surface area contributed by atoms with Crippen LogP contribution in [0.5, 0.6) is 0 Å². The molecule has 0 bridgehead atoms. The van der Waals surface area contributed by atoms with Crippen molar-refractivity contribution in [2.24, 2.45) is 5.41 Å². The highest BCUT2D eigenvalue weighted by atomic mass is 35.5. The minimum absolute atomic E-state index is 0.00335. The zero-order chi connectivity index (χ0) is 14.3. The maximum Gasteiger partial charge on any atom is 0.311 e. The second-order valence-corrected chi connectivity index (χ2v) is 7.41. The van der Waals surface area contributed by atoms with E-state index in [-0.39, 0.29) is 29.2 Å². The second kappa shape index (κ2) is 4.76. The van der Waals surface area contributed by atoms with E-state index in [0.29, 0.717) is 0 Å². The van der Waals surface area contributed by atoms with Gasteiger partial charge in [-0.15, -0.1) is 0 Å². The Morgan fingerprint density at radius 3 is 2.68 bits per heavy atom. The molecule has 1 aromatic carbocycles. The molecule has 1 aliphatic rings. The quantitative estimate of drug-likeness (QED) is 0.926. The molecule has 1 unspecified atom stereocenters. The van der Waals surface area contributed by atoms with Crippen LogP contribution in [0.2, 0.25) is 5.02 Å². The fourth-order valence-electron chi connectivity index (χ4n) is 2.35. The monoisotopic (exact) mass is 306 g/mol. The maximum atomic E-state index is 13.8. The molecule has 4 nitrogen and oxygen atoms in total. The largest absolute Gasteiger partial charge is 0.481 e. The Labute approximate surface area is 115 Å². The SMILES string of the molecule is O=C(O)C1(Cc2cccc(Cl)c2F)CCS(=O)(=O)C1. The molecule has 1 fully saturated rings. The lowest BCUT2D eigenvalue weighted by atomic mass is 9.81. The standard InChI is InChI=1S/C12H12ClFO4S/c13-9-3-1-2-8(10(9)14)6-12(11(15)16)4-5-19(17,18)7-12/h1-3H,4-7H2,(H,15,16). The van der Waals surface area contributed by atoms with E-state index in [2.05, 4.69) is 0 Å². The summed E-state index contributed by atoms with van der Waals surface area (Å²) >= 11 is 5.64. The molecule has 0 saturated carbocycles. The average molecular weight is 307 g/mol. The third kappa shape index (κ3) is 2.74. The van der Waals surface area contributed by atoms with Gasteiger partial charge in [-0.05, 0) is 24.5 Å². The number of carbonyl (C=O) groups is 1. The van der Waals surface area contributed by atoms with Crippen LogP contribution in [0.1, 0.15) is 12.0 Å². The molecule has 0 aromatic heterocycles. The molecule has 2 rings (SSSR count). The van der Waals surface area contributed by atoms with E-state index in [9.17, 15) is 22.7 Å². The molecule has 1 N–H and O–H groups in total. The van der Waals surface area contributed by atoms with E-state index in [4.69, 9.17) is 11.6 Å². The Hall–Kier alpha value is -1.14. The number of carboxylic acids is 1. The van der Waals surface area contributed by atoms with Crippen LogP contribution in [0.25, 0.3) is 0 Å². The van der Waals surface area contributed by atoms with Crippen LogP contribution >= 0.6 is 11.6 Å². The number of aliphatic carboxylic acids is 1. The van der Waals surface area contributed by atoms with Gasteiger partial charge in [0.05, 0.1) is 21.9 Å². The first-order chi connectivity index (χ1) is 8.76. The summed E-state index contributed by atoms with van der Waals surface area (Å²) in [6.45, 7) is 0. The van der Waals surface area contributed by atoms with E-state index in [1.54, 1.807) is 0 Å². The Balaban J connectivity index is 2.38. The van der Waals surface area contributed by atoms with Gasteiger partial charge in [-0.25, -0.2) is 12.8 Å². The molecule has 0 spiro atoms. The molecule has 0 aliphatic carbocycles. The van der Waals surface area contributed by atoms with Crippen LogP contribution in [0, 0.1) is 11.2 Å². The van der Waals surface area contributed by atoms with Gasteiger partial charge >= 0.3 is 5.97 Å². The minimum atomic E-state index is -3.38. The zero-order valence-corrected chi connectivity index (χ0v) is 11.5. The highest BCUT2D eigenvalue weighted by molar-refractivity contribution is 7.91. The molecule has 1 aromatic rings. The third-order valence-corrected chi connectivity index (χ3v) is 5.51. The number of halogens is 2. The van der Waals surface area contributed by atoms with Crippen molar-refractivity contribution in [1.82, 2.24) is 0 Å². The Kier molecular flexibility index (Phi) is 3.57. The average Bonchev–Trinajstić information content (AvgIpc) is 2.62. The van der Waals surface area contributed by atoms with Crippen molar-refractivity contribution in [3.05, 3.63) is 34.6 Å². The number of rotatable bonds is 3. The lowest BCUT2D eigenvalue weighted by Crippen LogP contribution is -2.35. The van der Waals surface area contributed by atoms with Crippen molar-refractivity contribution in [2.75, 3.05) is 11.5 Å². The molecule has 19 heavy (non-hydrogen) atoms. The van der Waals surface area contributed by atoms with Gasteiger partial charge in [0, 0.05) is 0 Å². The van der Waals surface area contributed by atoms with Gasteiger partial charge in [-0.2, -0.15) is 0 Å². The van der Waals surface area contributed by atoms with Crippen molar-refractivity contribution >= 4 is 27.4 Å². The van der Waals surface area contributed by atoms with Crippen LogP contribution in [0.3, 0.4) is 0 Å². The van der Waals surface area contributed by atoms with Crippen molar-refractivity contribution in [3.8, 4) is 0 Å². The fraction of sp³-hybridized carbons (Fsp3) is 0.417. The van der Waals surface area contributed by atoms with Gasteiger partial charge in [0.25, 0.3) is 0 Å². The molecule has 1 atom stereocenters. The molecule has 1 aliphatic heterocycles. The number of hydrogen-bond acceptors (Lipinski definition) is 3. The Bertz CT molecular complexity index is 629. The molecule has 1 saturated heterocycles. The van der Waals surface area contributed by atoms with Crippen molar-refractivity contribution < 1.29 is 22.7 Å². The van der Waals surface area contributed by atoms with Crippen LogP contribution in [-0.4, -0.2) is 31.0 Å². The number of sulfone groups is 1. The minimum Gasteiger partial charge on any atom is -0.481 e. The van der Waals surface area contributed by atoms with Crippen molar-refractivity contribution in [1.29, 1.82) is 0 Å². The summed E-state index contributed by atoms with van der Waals surface area (Å²) in [5.41, 5.74) is -1.32. The fourth-order valence-corrected chi connectivity index (χ4v) is 4.60. The van der Waals surface area contributed by atoms with Crippen LogP contribution < -0.4 is 0 Å². The molecule has 104 valence electrons. The normalized spacial score (nSPS) is 25.4. The smallest absolute Gasteiger partial charge is 0.311 e. The number of benzene rings is 1. The van der Waals surface area contributed by atoms with Crippen LogP contribution in [0.4, 0.5) is 4.39 Å². The summed E-state index contributed by atoms with van der Waals surface area (Å²) in [4.78, 5) is 11.4. The first-order valence-electron chi connectivity index (χ1n) is 5.62. The summed E-state index contributed by atoms with van der Waals surface area (Å²) < 4.78 is 36.8. The van der Waals surface area contributed by atoms with Gasteiger partial charge in [0.1, 0.15) is 5.82 Å². The van der Waals surface area contributed by atoms with Gasteiger partial charge in [-0.3, -0.25) is 4.79 Å². The summed E-state index contributed by atoms with van der Waals surface area (Å²) in [6, 6.07) is 4.30. The van der Waals surface area contributed by atoms with Crippen molar-refractivity contribution in [3.63, 3.8) is 0 Å². The predicted molar refractivity (Wildman–Crippen MR) is 68.5 cm³/mol. The molecule has 7 heteroatoms. The van der Waals surface area contributed by atoms with Gasteiger partial charge in [0.15, 0.2) is 9.84 Å². The highest BCUT2D eigenvalue weighted by Crippen LogP contribution is 2.37. The van der Waals surface area contributed by atoms with E-state index in [1.807, 2.05) is 0 Å². The maximum absolute atomic E-state index is 13.8. The van der Waals surface area contributed by atoms with E-state index < -0.39 is 32.8 Å². The van der Waals surface area contributed by atoms with Gasteiger partial charge in [-0.1, -0.05) is 23.7 Å². The van der Waals surface area contributed by atoms with Gasteiger partial charge in [0.2, 0.25) is 0 Å². The molecule has 1 heterocycles. The number of carboxylic acid groups (broad SMARTS) is 1. The third-order valence-electron chi connectivity index (χ3n) is 3.40. The Morgan fingerprint density at radius 2 is 2.16 bits per heavy atom. The molecule has 0 radical (unpaired) electrons. The van der Waals surface area contributed by atoms with Crippen LogP contribution in [-0.2, 0) is 21.1 Å². The van der Waals surface area contributed by atoms with E-state index in [0.717, 1.165) is 0 Å². The zero-order valence-electron chi connectivity index (χ0n) is 9.90. The van der Waals surface area contributed by atoms with E-state index >= 15 is 0 Å². The van der Waals surface area contributed by atoms with Crippen LogP contribution in [0.15, 0.2) is 18.2 Å². The van der Waals surface area contributed by atoms with Crippen molar-refractivity contribution in [2.45, 2.75) is 12.8 Å². The molecule has 0 amide bonds. The first-order valence-corrected chi connectivity index (χ1v) is 7.82. The highest BCUT2D eigenvalue weighted by Gasteiger charge is 2.48. The van der Waals surface area contributed by atoms with Gasteiger partial charge < -0.3 is 5.11 Å². The summed E-state index contributed by atoms with van der Waals surface area (Å²) in [6.07, 6.45) is -0.176. The summed E-state index contributed by atoms with van der Waals surface area (Å²) in [5, 5.41) is 9.20. The Morgan fingerprint density at radius 1 is 1.47 bits per heavy atom.